The Hall–Kier alpha value is -1.27. The van der Waals surface area contributed by atoms with E-state index in [-0.39, 0.29) is 0 Å². The molecule has 2 rings (SSSR count). The van der Waals surface area contributed by atoms with Gasteiger partial charge < -0.3 is 5.32 Å². The molecule has 7 heteroatoms. The molecule has 2 aromatic carbocycles. The van der Waals surface area contributed by atoms with Crippen molar-refractivity contribution in [2.75, 3.05) is 5.32 Å². The molecule has 20 heavy (non-hydrogen) atoms. The lowest BCUT2D eigenvalue weighted by Gasteiger charge is -2.10. The third kappa shape index (κ3) is 3.86. The van der Waals surface area contributed by atoms with Gasteiger partial charge in [-0.3, -0.25) is 5.43 Å². The van der Waals surface area contributed by atoms with Gasteiger partial charge in [-0.2, -0.15) is 0 Å². The summed E-state index contributed by atoms with van der Waals surface area (Å²) >= 11 is 15.6. The van der Waals surface area contributed by atoms with Crippen molar-refractivity contribution in [3.63, 3.8) is 0 Å². The molecule has 0 bridgehead atoms. The highest BCUT2D eigenvalue weighted by molar-refractivity contribution is 9.10. The summed E-state index contributed by atoms with van der Waals surface area (Å²) in [5, 5.41) is 3.88. The van der Waals surface area contributed by atoms with Gasteiger partial charge >= 0.3 is 0 Å². The van der Waals surface area contributed by atoms with Gasteiger partial charge in [0.25, 0.3) is 0 Å². The smallest absolute Gasteiger partial charge is 0.215 e. The van der Waals surface area contributed by atoms with Crippen molar-refractivity contribution in [3.8, 4) is 0 Å². The molecule has 0 fully saturated rings. The number of guanidine groups is 1. The first-order chi connectivity index (χ1) is 9.60. The largest absolute Gasteiger partial charge is 0.325 e. The number of para-hydroxylation sites is 1. The topological polar surface area (TPSA) is 62.4 Å². The quantitative estimate of drug-likeness (QED) is 0.318. The molecular weight excluding hydrogens is 363 g/mol. The van der Waals surface area contributed by atoms with Gasteiger partial charge in [0.05, 0.1) is 10.0 Å². The van der Waals surface area contributed by atoms with Gasteiger partial charge in [0.15, 0.2) is 0 Å². The highest BCUT2D eigenvalue weighted by Crippen LogP contribution is 2.36. The average molecular weight is 374 g/mol. The predicted octanol–water partition coefficient (Wildman–Crippen LogP) is 4.32. The number of benzene rings is 2. The van der Waals surface area contributed by atoms with Gasteiger partial charge in [-0.25, -0.2) is 10.8 Å². The van der Waals surface area contributed by atoms with E-state index >= 15 is 0 Å². The molecule has 0 aliphatic carbocycles. The van der Waals surface area contributed by atoms with Crippen LogP contribution in [0.25, 0.3) is 0 Å². The Morgan fingerprint density at radius 1 is 1.10 bits per heavy atom. The van der Waals surface area contributed by atoms with E-state index in [1.54, 1.807) is 12.1 Å². The van der Waals surface area contributed by atoms with Gasteiger partial charge in [-0.15, -0.1) is 0 Å². The summed E-state index contributed by atoms with van der Waals surface area (Å²) in [6, 6.07) is 12.9. The third-order valence-corrected chi connectivity index (χ3v) is 3.41. The van der Waals surface area contributed by atoms with Gasteiger partial charge in [-0.05, 0) is 24.3 Å². The molecule has 0 aromatic heterocycles. The standard InChI is InChI=1S/C13H11BrCl2N4/c14-8-6-10(15)12(11(16)7-8)19-13(20-17)18-9-4-2-1-3-5-9/h1-7H,17H2,(H2,18,19,20). The van der Waals surface area contributed by atoms with Crippen LogP contribution in [0.1, 0.15) is 0 Å². The fourth-order valence-corrected chi connectivity index (χ4v) is 2.80. The van der Waals surface area contributed by atoms with Crippen LogP contribution in [0.5, 0.6) is 0 Å². The summed E-state index contributed by atoms with van der Waals surface area (Å²) in [6.45, 7) is 0. The number of halogens is 3. The van der Waals surface area contributed by atoms with Crippen LogP contribution in [-0.2, 0) is 0 Å². The predicted molar refractivity (Wildman–Crippen MR) is 88.6 cm³/mol. The normalized spacial score (nSPS) is 11.3. The van der Waals surface area contributed by atoms with Crippen LogP contribution in [-0.4, -0.2) is 5.96 Å². The Balaban J connectivity index is 2.32. The average Bonchev–Trinajstić information content (AvgIpc) is 2.42. The van der Waals surface area contributed by atoms with E-state index in [0.717, 1.165) is 10.2 Å². The summed E-state index contributed by atoms with van der Waals surface area (Å²) in [4.78, 5) is 4.30. The van der Waals surface area contributed by atoms with E-state index in [1.165, 1.54) is 0 Å². The van der Waals surface area contributed by atoms with Crippen LogP contribution < -0.4 is 16.6 Å². The summed E-state index contributed by atoms with van der Waals surface area (Å²) in [5.41, 5.74) is 3.76. The number of nitrogens with one attached hydrogen (secondary N) is 2. The van der Waals surface area contributed by atoms with E-state index < -0.39 is 0 Å². The molecule has 0 saturated heterocycles. The minimum Gasteiger partial charge on any atom is -0.325 e. The highest BCUT2D eigenvalue weighted by Gasteiger charge is 2.08. The summed E-state index contributed by atoms with van der Waals surface area (Å²) in [6.07, 6.45) is 0. The Labute approximate surface area is 135 Å². The molecule has 0 amide bonds. The molecule has 0 spiro atoms. The molecule has 2 aromatic rings. The molecule has 0 atom stereocenters. The number of hydrogen-bond acceptors (Lipinski definition) is 2. The minimum atomic E-state index is 0.335. The zero-order valence-corrected chi connectivity index (χ0v) is 13.3. The van der Waals surface area contributed by atoms with E-state index in [9.17, 15) is 0 Å². The molecular formula is C13H11BrCl2N4. The van der Waals surface area contributed by atoms with Crippen molar-refractivity contribution in [2.45, 2.75) is 0 Å². The third-order valence-electron chi connectivity index (χ3n) is 2.38. The van der Waals surface area contributed by atoms with E-state index in [1.807, 2.05) is 30.3 Å². The van der Waals surface area contributed by atoms with Crippen molar-refractivity contribution in [2.24, 2.45) is 10.8 Å². The maximum absolute atomic E-state index is 6.12. The Bertz CT molecular complexity index is 609. The first kappa shape index (κ1) is 15.1. The van der Waals surface area contributed by atoms with Crippen LogP contribution >= 0.6 is 39.1 Å². The fourth-order valence-electron chi connectivity index (χ4n) is 1.51. The summed E-state index contributed by atoms with van der Waals surface area (Å²) < 4.78 is 0.782. The van der Waals surface area contributed by atoms with E-state index in [0.29, 0.717) is 21.7 Å². The molecule has 0 radical (unpaired) electrons. The first-order valence-electron chi connectivity index (χ1n) is 5.62. The number of nitrogens with two attached hydrogens (primary N) is 1. The Morgan fingerprint density at radius 3 is 2.25 bits per heavy atom. The lowest BCUT2D eigenvalue weighted by molar-refractivity contribution is 1.02. The molecule has 104 valence electrons. The molecule has 4 N–H and O–H groups in total. The summed E-state index contributed by atoms with van der Waals surface area (Å²) in [7, 11) is 0. The maximum Gasteiger partial charge on any atom is 0.215 e. The number of hydrazine groups is 1. The van der Waals surface area contributed by atoms with Crippen molar-refractivity contribution in [1.29, 1.82) is 0 Å². The highest BCUT2D eigenvalue weighted by atomic mass is 79.9. The van der Waals surface area contributed by atoms with Gasteiger partial charge in [0, 0.05) is 10.2 Å². The molecule has 0 heterocycles. The van der Waals surface area contributed by atoms with Gasteiger partial charge in [0.2, 0.25) is 5.96 Å². The van der Waals surface area contributed by atoms with E-state index in [2.05, 4.69) is 31.7 Å². The number of aliphatic imine (C=N–C) groups is 1. The van der Waals surface area contributed by atoms with Crippen LogP contribution in [0.4, 0.5) is 11.4 Å². The van der Waals surface area contributed by atoms with Crippen molar-refractivity contribution >= 4 is 56.5 Å². The molecule has 0 saturated carbocycles. The monoisotopic (exact) mass is 372 g/mol. The van der Waals surface area contributed by atoms with Crippen molar-refractivity contribution in [1.82, 2.24) is 5.43 Å². The number of anilines is 1. The van der Waals surface area contributed by atoms with Crippen molar-refractivity contribution < 1.29 is 0 Å². The van der Waals surface area contributed by atoms with Crippen LogP contribution in [0.15, 0.2) is 51.9 Å². The first-order valence-corrected chi connectivity index (χ1v) is 7.17. The molecule has 0 aliphatic heterocycles. The van der Waals surface area contributed by atoms with Crippen LogP contribution in [0, 0.1) is 0 Å². The SMILES string of the molecule is NNC(=Nc1c(Cl)cc(Br)cc1Cl)Nc1ccccc1. The fraction of sp³-hybridized carbons (Fsp3) is 0. The lowest BCUT2D eigenvalue weighted by Crippen LogP contribution is -2.36. The molecule has 0 unspecified atom stereocenters. The Kier molecular flexibility index (Phi) is 5.25. The zero-order valence-electron chi connectivity index (χ0n) is 10.2. The second kappa shape index (κ2) is 6.95. The maximum atomic E-state index is 6.12. The van der Waals surface area contributed by atoms with Gasteiger partial charge in [0.1, 0.15) is 5.69 Å². The van der Waals surface area contributed by atoms with Crippen LogP contribution in [0.2, 0.25) is 10.0 Å². The van der Waals surface area contributed by atoms with Crippen LogP contribution in [0.3, 0.4) is 0 Å². The molecule has 0 aliphatic rings. The summed E-state index contributed by atoms with van der Waals surface area (Å²) in [5.74, 6) is 5.80. The van der Waals surface area contributed by atoms with Crippen molar-refractivity contribution in [3.05, 3.63) is 57.0 Å². The zero-order chi connectivity index (χ0) is 14.5. The van der Waals surface area contributed by atoms with Gasteiger partial charge in [-0.1, -0.05) is 57.3 Å². The van der Waals surface area contributed by atoms with E-state index in [4.69, 9.17) is 29.0 Å². The lowest BCUT2D eigenvalue weighted by atomic mass is 10.3. The molecule has 4 nitrogen and oxygen atoms in total. The second-order valence-electron chi connectivity index (χ2n) is 3.81. The Morgan fingerprint density at radius 2 is 1.70 bits per heavy atom. The second-order valence-corrected chi connectivity index (χ2v) is 5.54. The minimum absolute atomic E-state index is 0.335. The number of hydrogen-bond donors (Lipinski definition) is 3. The number of rotatable bonds is 2. The number of nitrogens with zero attached hydrogens (tertiary/aromatic N) is 1.